The minimum absolute atomic E-state index is 0.150. The molecule has 0 aliphatic rings. The van der Waals surface area contributed by atoms with E-state index in [1.165, 1.54) is 11.8 Å². The number of methoxy groups -OCH3 is 1. The van der Waals surface area contributed by atoms with Crippen LogP contribution in [-0.4, -0.2) is 34.6 Å². The predicted octanol–water partition coefficient (Wildman–Crippen LogP) is 4.23. The van der Waals surface area contributed by atoms with E-state index in [9.17, 15) is 9.59 Å². The number of carbonyl (C=O) groups excluding carboxylic acids is 2. The van der Waals surface area contributed by atoms with Gasteiger partial charge in [0.2, 0.25) is 5.91 Å². The van der Waals surface area contributed by atoms with E-state index in [4.69, 9.17) is 4.74 Å². The summed E-state index contributed by atoms with van der Waals surface area (Å²) in [5.74, 6) is 0.411. The summed E-state index contributed by atoms with van der Waals surface area (Å²) < 4.78 is 5.22. The monoisotopic (exact) mass is 446 g/mol. The largest absolute Gasteiger partial charge is 0.497 e. The third kappa shape index (κ3) is 5.28. The Morgan fingerprint density at radius 2 is 1.81 bits per heavy atom. The lowest BCUT2D eigenvalue weighted by Crippen LogP contribution is -2.25. The fourth-order valence-corrected chi connectivity index (χ4v) is 3.83. The molecule has 162 valence electrons. The van der Waals surface area contributed by atoms with Gasteiger partial charge in [-0.2, -0.15) is 0 Å². The fraction of sp³-hybridized carbons (Fsp3) is 0.125. The van der Waals surface area contributed by atoms with Crippen LogP contribution in [-0.2, 0) is 11.3 Å². The van der Waals surface area contributed by atoms with Crippen LogP contribution in [0.1, 0.15) is 15.9 Å². The molecule has 8 heteroatoms. The van der Waals surface area contributed by atoms with E-state index in [-0.39, 0.29) is 17.6 Å². The molecule has 0 spiro atoms. The number of imidazole rings is 1. The molecule has 0 aliphatic carbocycles. The summed E-state index contributed by atoms with van der Waals surface area (Å²) >= 11 is 1.29. The van der Waals surface area contributed by atoms with E-state index < -0.39 is 0 Å². The van der Waals surface area contributed by atoms with Gasteiger partial charge in [0.15, 0.2) is 5.16 Å². The summed E-state index contributed by atoms with van der Waals surface area (Å²) in [5, 5.41) is 6.36. The number of hydrogen-bond acceptors (Lipinski definition) is 5. The molecular formula is C24H22N4O3S. The number of ether oxygens (including phenoxy) is 1. The number of rotatable bonds is 8. The number of benzene rings is 3. The minimum atomic E-state index is -0.247. The standard InChI is InChI=1S/C24H22N4O3S/c1-31-17-11-12-20-21(13-17)28-24(27-20)32-15-22(29)26-19-10-6-5-9-18(19)23(30)25-14-16-7-3-2-4-8-16/h2-13H,14-15H2,1H3,(H,25,30)(H,26,29)(H,27,28). The molecule has 1 aromatic heterocycles. The number of para-hydroxylation sites is 1. The molecule has 32 heavy (non-hydrogen) atoms. The van der Waals surface area contributed by atoms with E-state index in [2.05, 4.69) is 20.6 Å². The van der Waals surface area contributed by atoms with Crippen LogP contribution in [0.15, 0.2) is 78.0 Å². The lowest BCUT2D eigenvalue weighted by molar-refractivity contribution is -0.113. The number of carbonyl (C=O) groups is 2. The molecule has 2 amide bonds. The molecular weight excluding hydrogens is 424 g/mol. The SMILES string of the molecule is COc1ccc2nc(SCC(=O)Nc3ccccc3C(=O)NCc3ccccc3)[nH]c2c1. The van der Waals surface area contributed by atoms with Crippen molar-refractivity contribution in [2.75, 3.05) is 18.2 Å². The van der Waals surface area contributed by atoms with E-state index in [1.807, 2.05) is 48.5 Å². The van der Waals surface area contributed by atoms with Crippen molar-refractivity contribution in [3.63, 3.8) is 0 Å². The number of hydrogen-bond donors (Lipinski definition) is 3. The Hall–Kier alpha value is -3.78. The molecule has 0 radical (unpaired) electrons. The first-order chi connectivity index (χ1) is 15.6. The normalized spacial score (nSPS) is 10.7. The van der Waals surface area contributed by atoms with Gasteiger partial charge >= 0.3 is 0 Å². The van der Waals surface area contributed by atoms with E-state index >= 15 is 0 Å². The van der Waals surface area contributed by atoms with E-state index in [0.29, 0.717) is 23.0 Å². The van der Waals surface area contributed by atoms with Gasteiger partial charge in [0, 0.05) is 12.6 Å². The second-order valence-electron chi connectivity index (χ2n) is 6.98. The van der Waals surface area contributed by atoms with E-state index in [0.717, 1.165) is 22.3 Å². The molecule has 0 fully saturated rings. The maximum atomic E-state index is 12.7. The Bertz CT molecular complexity index is 1240. The summed E-state index contributed by atoms with van der Waals surface area (Å²) in [6.07, 6.45) is 0. The zero-order chi connectivity index (χ0) is 22.3. The summed E-state index contributed by atoms with van der Waals surface area (Å²) in [5.41, 5.74) is 3.53. The maximum absolute atomic E-state index is 12.7. The minimum Gasteiger partial charge on any atom is -0.497 e. The van der Waals surface area contributed by atoms with Crippen LogP contribution in [0.5, 0.6) is 5.75 Å². The van der Waals surface area contributed by atoms with Gasteiger partial charge in [-0.3, -0.25) is 9.59 Å². The Labute approximate surface area is 189 Å². The van der Waals surface area contributed by atoms with Gasteiger partial charge in [-0.05, 0) is 29.8 Å². The van der Waals surface area contributed by atoms with Crippen molar-refractivity contribution >= 4 is 40.3 Å². The Morgan fingerprint density at radius 1 is 1.03 bits per heavy atom. The van der Waals surface area contributed by atoms with Crippen molar-refractivity contribution in [1.29, 1.82) is 0 Å². The van der Waals surface area contributed by atoms with Crippen molar-refractivity contribution in [3.05, 3.63) is 83.9 Å². The smallest absolute Gasteiger partial charge is 0.253 e. The molecule has 0 unspecified atom stereocenters. The van der Waals surface area contributed by atoms with Crippen LogP contribution >= 0.6 is 11.8 Å². The molecule has 7 nitrogen and oxygen atoms in total. The highest BCUT2D eigenvalue weighted by Crippen LogP contribution is 2.23. The highest BCUT2D eigenvalue weighted by atomic mass is 32.2. The number of nitrogens with one attached hydrogen (secondary N) is 3. The summed E-state index contributed by atoms with van der Waals surface area (Å²) in [6, 6.07) is 22.2. The van der Waals surface area contributed by atoms with Crippen molar-refractivity contribution in [3.8, 4) is 5.75 Å². The molecule has 4 rings (SSSR count). The van der Waals surface area contributed by atoms with Crippen molar-refractivity contribution in [2.24, 2.45) is 0 Å². The van der Waals surface area contributed by atoms with Crippen LogP contribution in [0.4, 0.5) is 5.69 Å². The molecule has 3 N–H and O–H groups in total. The second-order valence-corrected chi connectivity index (χ2v) is 7.94. The predicted molar refractivity (Wildman–Crippen MR) is 126 cm³/mol. The van der Waals surface area contributed by atoms with Gasteiger partial charge in [0.05, 0.1) is 35.1 Å². The zero-order valence-electron chi connectivity index (χ0n) is 17.4. The summed E-state index contributed by atoms with van der Waals surface area (Å²) in [7, 11) is 1.61. The molecule has 0 aliphatic heterocycles. The lowest BCUT2D eigenvalue weighted by Gasteiger charge is -2.11. The molecule has 1 heterocycles. The number of aromatic nitrogens is 2. The van der Waals surface area contributed by atoms with Crippen LogP contribution in [0, 0.1) is 0 Å². The first kappa shape index (κ1) is 21.5. The van der Waals surface area contributed by atoms with Gasteiger partial charge in [0.25, 0.3) is 5.91 Å². The summed E-state index contributed by atoms with van der Waals surface area (Å²) in [4.78, 5) is 32.8. The van der Waals surface area contributed by atoms with E-state index in [1.54, 1.807) is 31.4 Å². The highest BCUT2D eigenvalue weighted by Gasteiger charge is 2.14. The first-order valence-electron chi connectivity index (χ1n) is 10.00. The van der Waals surface area contributed by atoms with Gasteiger partial charge in [0.1, 0.15) is 5.75 Å². The highest BCUT2D eigenvalue weighted by molar-refractivity contribution is 7.99. The number of amides is 2. The number of H-pyrrole nitrogens is 1. The van der Waals surface area contributed by atoms with Crippen LogP contribution in [0.25, 0.3) is 11.0 Å². The summed E-state index contributed by atoms with van der Waals surface area (Å²) in [6.45, 7) is 0.411. The van der Waals surface area contributed by atoms with Gasteiger partial charge in [-0.25, -0.2) is 4.98 Å². The number of aromatic amines is 1. The maximum Gasteiger partial charge on any atom is 0.253 e. The molecule has 0 bridgehead atoms. The molecule has 0 saturated carbocycles. The van der Waals surface area contributed by atoms with Crippen LogP contribution < -0.4 is 15.4 Å². The van der Waals surface area contributed by atoms with Gasteiger partial charge in [-0.15, -0.1) is 0 Å². The number of fused-ring (bicyclic) bond motifs is 1. The van der Waals surface area contributed by atoms with Crippen molar-refractivity contribution < 1.29 is 14.3 Å². The second kappa shape index (κ2) is 10.0. The van der Waals surface area contributed by atoms with Crippen LogP contribution in [0.3, 0.4) is 0 Å². The first-order valence-corrected chi connectivity index (χ1v) is 11.0. The van der Waals surface area contributed by atoms with Gasteiger partial charge in [-0.1, -0.05) is 54.2 Å². The number of thioether (sulfide) groups is 1. The molecule has 3 aromatic carbocycles. The van der Waals surface area contributed by atoms with Crippen LogP contribution in [0.2, 0.25) is 0 Å². The molecule has 0 atom stereocenters. The molecule has 0 saturated heterocycles. The quantitative estimate of drug-likeness (QED) is 0.352. The lowest BCUT2D eigenvalue weighted by atomic mass is 10.1. The number of anilines is 1. The van der Waals surface area contributed by atoms with Gasteiger partial charge < -0.3 is 20.4 Å². The average molecular weight is 447 g/mol. The fourth-order valence-electron chi connectivity index (χ4n) is 3.14. The third-order valence-electron chi connectivity index (χ3n) is 4.75. The molecule has 4 aromatic rings. The van der Waals surface area contributed by atoms with Crippen molar-refractivity contribution in [1.82, 2.24) is 15.3 Å². The Kier molecular flexibility index (Phi) is 6.72. The van der Waals surface area contributed by atoms with Crippen molar-refractivity contribution in [2.45, 2.75) is 11.7 Å². The number of nitrogens with zero attached hydrogens (tertiary/aromatic N) is 1. The topological polar surface area (TPSA) is 96.1 Å². The zero-order valence-corrected chi connectivity index (χ0v) is 18.2. The Morgan fingerprint density at radius 3 is 2.62 bits per heavy atom. The third-order valence-corrected chi connectivity index (χ3v) is 5.62. The Balaban J connectivity index is 1.36. The average Bonchev–Trinajstić information content (AvgIpc) is 3.24.